The van der Waals surface area contributed by atoms with Crippen molar-refractivity contribution < 1.29 is 9.59 Å². The Morgan fingerprint density at radius 2 is 0.878 bits per heavy atom. The molecule has 5 aromatic rings. The predicted octanol–water partition coefficient (Wildman–Crippen LogP) is 8.06. The van der Waals surface area contributed by atoms with Crippen LogP contribution in [0.2, 0.25) is 0 Å². The highest BCUT2D eigenvalue weighted by Crippen LogP contribution is 2.48. The van der Waals surface area contributed by atoms with Gasteiger partial charge in [0, 0.05) is 23.3 Å². The molecule has 1 N–H and O–H groups in total. The van der Waals surface area contributed by atoms with Crippen molar-refractivity contribution in [3.63, 3.8) is 0 Å². The van der Waals surface area contributed by atoms with E-state index in [9.17, 15) is 9.59 Å². The lowest BCUT2D eigenvalue weighted by Crippen LogP contribution is -2.31. The van der Waals surface area contributed by atoms with Crippen molar-refractivity contribution >= 4 is 22.8 Å². The van der Waals surface area contributed by atoms with Gasteiger partial charge < -0.3 is 5.32 Å². The summed E-state index contributed by atoms with van der Waals surface area (Å²) >= 11 is 0. The summed E-state index contributed by atoms with van der Waals surface area (Å²) in [4.78, 5) is 28.5. The van der Waals surface area contributed by atoms with Crippen molar-refractivity contribution in [3.05, 3.63) is 191 Å². The minimum absolute atomic E-state index is 0.126. The molecule has 0 radical (unpaired) electrons. The van der Waals surface area contributed by atoms with Crippen molar-refractivity contribution in [2.75, 3.05) is 0 Å². The van der Waals surface area contributed by atoms with E-state index < -0.39 is 11.8 Å². The van der Waals surface area contributed by atoms with Crippen molar-refractivity contribution in [3.8, 4) is 0 Å². The molecule has 6 rings (SSSR count). The Morgan fingerprint density at radius 3 is 1.37 bits per heavy atom. The maximum Gasteiger partial charge on any atom is 0.235 e. The molecule has 3 heteroatoms. The van der Waals surface area contributed by atoms with Gasteiger partial charge in [0.2, 0.25) is 5.91 Å². The quantitative estimate of drug-likeness (QED) is 0.225. The molecule has 1 heterocycles. The van der Waals surface area contributed by atoms with E-state index in [0.717, 1.165) is 33.4 Å². The van der Waals surface area contributed by atoms with Crippen LogP contribution in [-0.2, 0) is 4.79 Å². The molecule has 0 aromatic heterocycles. The molecule has 0 aliphatic carbocycles. The Kier molecular flexibility index (Phi) is 7.51. The second kappa shape index (κ2) is 11.8. The molecule has 0 spiro atoms. The zero-order valence-corrected chi connectivity index (χ0v) is 22.5. The zero-order chi connectivity index (χ0) is 28.0. The number of nitrogens with one attached hydrogen (secondary N) is 1. The van der Waals surface area contributed by atoms with E-state index in [1.165, 1.54) is 0 Å². The summed E-state index contributed by atoms with van der Waals surface area (Å²) < 4.78 is 0. The van der Waals surface area contributed by atoms with Gasteiger partial charge in [0.25, 0.3) is 0 Å². The van der Waals surface area contributed by atoms with Crippen LogP contribution < -0.4 is 5.32 Å². The Labute approximate surface area is 240 Å². The van der Waals surface area contributed by atoms with Crippen molar-refractivity contribution in [2.24, 2.45) is 0 Å². The van der Waals surface area contributed by atoms with Crippen molar-refractivity contribution in [1.82, 2.24) is 5.32 Å². The highest BCUT2D eigenvalue weighted by atomic mass is 16.2. The van der Waals surface area contributed by atoms with Gasteiger partial charge in [0.05, 0.1) is 5.92 Å². The number of Topliss-reactive ketones (excluding diaryl/α,β-unsaturated/α-hetero) is 1. The molecule has 0 fully saturated rings. The van der Waals surface area contributed by atoms with Crippen LogP contribution in [-0.4, -0.2) is 11.7 Å². The molecule has 2 atom stereocenters. The van der Waals surface area contributed by atoms with Crippen LogP contribution in [0.4, 0.5) is 0 Å². The van der Waals surface area contributed by atoms with E-state index in [2.05, 4.69) is 29.6 Å². The van der Waals surface area contributed by atoms with Gasteiger partial charge in [-0.3, -0.25) is 9.59 Å². The molecular formula is C38H29NO2. The summed E-state index contributed by atoms with van der Waals surface area (Å²) in [5.41, 5.74) is 6.64. The Hall–Kier alpha value is -5.28. The molecule has 1 amide bonds. The summed E-state index contributed by atoms with van der Waals surface area (Å²) in [6.45, 7) is 0. The molecule has 1 aliphatic rings. The maximum atomic E-state index is 14.3. The van der Waals surface area contributed by atoms with Crippen LogP contribution in [0.15, 0.2) is 163 Å². The first-order valence-electron chi connectivity index (χ1n) is 13.8. The SMILES string of the molecule is O=C(/C1=C/NC(=O)C(c2ccccc2)/C(c2ccccc2)=C(/c2ccccc2)C1c1ccccc1)c1ccccc1. The lowest BCUT2D eigenvalue weighted by Gasteiger charge is -2.33. The number of amides is 1. The smallest absolute Gasteiger partial charge is 0.235 e. The Balaban J connectivity index is 1.74. The van der Waals surface area contributed by atoms with E-state index in [0.29, 0.717) is 11.1 Å². The number of carbonyl (C=O) groups excluding carboxylic acids is 2. The second-order valence-corrected chi connectivity index (χ2v) is 10.1. The average Bonchev–Trinajstić information content (AvgIpc) is 3.04. The molecule has 41 heavy (non-hydrogen) atoms. The molecule has 0 saturated carbocycles. The third-order valence-corrected chi connectivity index (χ3v) is 7.54. The standard InChI is InChI=1S/C38H29NO2/c40-37(31-24-14-5-15-25-31)32-26-39-38(41)36(30-22-12-4-13-23-30)35(29-20-10-3-11-21-29)34(28-18-8-2-9-19-28)33(32)27-16-6-1-7-17-27/h1-26,33,36H,(H,39,41)/b32-26+,35-34-. The Morgan fingerprint density at radius 1 is 0.488 bits per heavy atom. The van der Waals surface area contributed by atoms with E-state index >= 15 is 0 Å². The van der Waals surface area contributed by atoms with Crippen molar-refractivity contribution in [1.29, 1.82) is 0 Å². The second-order valence-electron chi connectivity index (χ2n) is 10.1. The summed E-state index contributed by atoms with van der Waals surface area (Å²) in [7, 11) is 0. The van der Waals surface area contributed by atoms with Gasteiger partial charge in [-0.2, -0.15) is 0 Å². The molecule has 0 saturated heterocycles. The number of benzene rings is 5. The summed E-state index contributed by atoms with van der Waals surface area (Å²) in [6.07, 6.45) is 1.63. The van der Waals surface area contributed by atoms with Gasteiger partial charge in [0.1, 0.15) is 0 Å². The summed E-state index contributed by atoms with van der Waals surface area (Å²) in [6, 6.07) is 49.4. The van der Waals surface area contributed by atoms with E-state index in [-0.39, 0.29) is 11.7 Å². The van der Waals surface area contributed by atoms with Gasteiger partial charge in [-0.05, 0) is 33.4 Å². The molecule has 5 aromatic carbocycles. The minimum Gasteiger partial charge on any atom is -0.331 e. The Bertz CT molecular complexity index is 1710. The van der Waals surface area contributed by atoms with E-state index in [1.807, 2.05) is 127 Å². The monoisotopic (exact) mass is 531 g/mol. The normalized spacial score (nSPS) is 20.2. The number of allylic oxidation sites excluding steroid dienone is 2. The third kappa shape index (κ3) is 5.30. The van der Waals surface area contributed by atoms with Crippen LogP contribution >= 0.6 is 0 Å². The first-order valence-corrected chi connectivity index (χ1v) is 13.8. The lowest BCUT2D eigenvalue weighted by molar-refractivity contribution is -0.120. The number of hydrogen-bond donors (Lipinski definition) is 1. The first-order chi connectivity index (χ1) is 20.2. The average molecular weight is 532 g/mol. The van der Waals surface area contributed by atoms with E-state index in [1.54, 1.807) is 6.20 Å². The zero-order valence-electron chi connectivity index (χ0n) is 22.5. The molecular weight excluding hydrogens is 502 g/mol. The van der Waals surface area contributed by atoms with E-state index in [4.69, 9.17) is 0 Å². The highest BCUT2D eigenvalue weighted by Gasteiger charge is 2.37. The fourth-order valence-corrected chi connectivity index (χ4v) is 5.70. The third-order valence-electron chi connectivity index (χ3n) is 7.54. The fourth-order valence-electron chi connectivity index (χ4n) is 5.70. The number of carbonyl (C=O) groups is 2. The van der Waals surface area contributed by atoms with Gasteiger partial charge in [-0.15, -0.1) is 0 Å². The maximum absolute atomic E-state index is 14.3. The first kappa shape index (κ1) is 26.0. The number of rotatable bonds is 6. The minimum atomic E-state index is -0.607. The number of ketones is 1. The van der Waals surface area contributed by atoms with Gasteiger partial charge in [-0.25, -0.2) is 0 Å². The molecule has 0 bridgehead atoms. The van der Waals surface area contributed by atoms with Gasteiger partial charge >= 0.3 is 0 Å². The molecule has 1 aliphatic heterocycles. The molecule has 3 nitrogen and oxygen atoms in total. The van der Waals surface area contributed by atoms with Gasteiger partial charge in [0.15, 0.2) is 5.78 Å². The lowest BCUT2D eigenvalue weighted by atomic mass is 9.71. The fraction of sp³-hybridized carbons (Fsp3) is 0.0526. The van der Waals surface area contributed by atoms with Crippen LogP contribution in [0.5, 0.6) is 0 Å². The topological polar surface area (TPSA) is 46.2 Å². The largest absolute Gasteiger partial charge is 0.331 e. The van der Waals surface area contributed by atoms with Crippen molar-refractivity contribution in [2.45, 2.75) is 11.8 Å². The highest BCUT2D eigenvalue weighted by molar-refractivity contribution is 6.15. The molecule has 198 valence electrons. The summed E-state index contributed by atoms with van der Waals surface area (Å²) in [5, 5.41) is 3.05. The van der Waals surface area contributed by atoms with Crippen LogP contribution in [0.3, 0.4) is 0 Å². The van der Waals surface area contributed by atoms with Crippen LogP contribution in [0.25, 0.3) is 11.1 Å². The number of hydrogen-bond acceptors (Lipinski definition) is 2. The summed E-state index contributed by atoms with van der Waals surface area (Å²) in [5.74, 6) is -1.37. The van der Waals surface area contributed by atoms with Crippen LogP contribution in [0.1, 0.15) is 44.4 Å². The predicted molar refractivity (Wildman–Crippen MR) is 165 cm³/mol. The van der Waals surface area contributed by atoms with Gasteiger partial charge in [-0.1, -0.05) is 152 Å². The van der Waals surface area contributed by atoms with Crippen LogP contribution in [0, 0.1) is 0 Å². The molecule has 2 unspecified atom stereocenters.